The minimum absolute atomic E-state index is 0.176. The molecule has 21 heavy (non-hydrogen) atoms. The molecule has 7 N–H and O–H groups in total. The summed E-state index contributed by atoms with van der Waals surface area (Å²) in [6.45, 7) is -0.312. The van der Waals surface area contributed by atoms with Crippen molar-refractivity contribution in [2.24, 2.45) is 0 Å². The Morgan fingerprint density at radius 1 is 0.952 bits per heavy atom. The van der Waals surface area contributed by atoms with Crippen molar-refractivity contribution in [1.29, 1.82) is 0 Å². The molecule has 2 aliphatic rings. The fourth-order valence-corrected chi connectivity index (χ4v) is 9.50. The fourth-order valence-electron chi connectivity index (χ4n) is 2.78. The van der Waals surface area contributed by atoms with E-state index in [2.05, 4.69) is 21.2 Å². The summed E-state index contributed by atoms with van der Waals surface area (Å²) in [5.74, 6) is 0.441. The molecule has 0 spiro atoms. The lowest BCUT2D eigenvalue weighted by atomic mass is 10.0. The molecule has 9 atom stereocenters. The highest BCUT2D eigenvalue weighted by Crippen LogP contribution is 2.66. The lowest BCUT2D eigenvalue weighted by Crippen LogP contribution is -2.58. The standard InChI is InChI=1S/C11H21IO8S/c12-21(2-4(14)7(15)6(21)1-13)3-5-8(16)9(17)10(18)11(19)20-5/h4-11,13-19H,1-3H2/t4-,5-,6-,7+,8-,9+,10-,11-/m1/s1. The minimum Gasteiger partial charge on any atom is -0.395 e. The molecule has 2 aliphatic heterocycles. The first-order valence-corrected chi connectivity index (χ1v) is 11.1. The molecule has 2 fully saturated rings. The van der Waals surface area contributed by atoms with E-state index >= 15 is 0 Å². The van der Waals surface area contributed by atoms with E-state index in [0.717, 1.165) is 0 Å². The normalized spacial score (nSPS) is 57.9. The predicted molar refractivity (Wildman–Crippen MR) is 83.1 cm³/mol. The number of hydrogen-bond donors (Lipinski definition) is 7. The quantitative estimate of drug-likeness (QED) is 0.230. The minimum atomic E-state index is -1.76. The largest absolute Gasteiger partial charge is 0.395 e. The van der Waals surface area contributed by atoms with Crippen LogP contribution in [0.2, 0.25) is 0 Å². The van der Waals surface area contributed by atoms with Gasteiger partial charge >= 0.3 is 0 Å². The second kappa shape index (κ2) is 6.71. The number of rotatable bonds is 3. The van der Waals surface area contributed by atoms with Crippen molar-refractivity contribution in [2.45, 2.75) is 48.2 Å². The zero-order valence-electron chi connectivity index (χ0n) is 11.1. The molecular formula is C11H21IO8S. The molecule has 0 aromatic rings. The summed E-state index contributed by atoms with van der Waals surface area (Å²) < 4.78 is 5.14. The molecule has 0 aromatic heterocycles. The average molecular weight is 440 g/mol. The molecule has 2 saturated heterocycles. The third-order valence-corrected chi connectivity index (χ3v) is 11.5. The smallest absolute Gasteiger partial charge is 0.183 e. The van der Waals surface area contributed by atoms with Gasteiger partial charge in [-0.25, -0.2) is 0 Å². The first-order chi connectivity index (χ1) is 9.71. The summed E-state index contributed by atoms with van der Waals surface area (Å²) in [7, 11) is -1.76. The zero-order valence-corrected chi connectivity index (χ0v) is 14.0. The average Bonchev–Trinajstić information content (AvgIpc) is 2.63. The Morgan fingerprint density at radius 2 is 1.57 bits per heavy atom. The SMILES string of the molecule is OC[C@@H]1[C@@H](O)[C@H](O)CS1(I)C[C@H]1O[C@@H](O)[C@H](O)[C@@H](O)[C@@H]1O. The third kappa shape index (κ3) is 3.34. The van der Waals surface area contributed by atoms with Gasteiger partial charge in [0, 0.05) is 16.8 Å². The van der Waals surface area contributed by atoms with Crippen LogP contribution < -0.4 is 0 Å². The van der Waals surface area contributed by atoms with Gasteiger partial charge in [0.25, 0.3) is 0 Å². The van der Waals surface area contributed by atoms with E-state index in [1.807, 2.05) is 0 Å². The summed E-state index contributed by atoms with van der Waals surface area (Å²) in [5, 5.41) is 67.2. The molecule has 1 unspecified atom stereocenters. The summed E-state index contributed by atoms with van der Waals surface area (Å²) in [5.41, 5.74) is 0. The lowest BCUT2D eigenvalue weighted by Gasteiger charge is -2.44. The maximum atomic E-state index is 9.97. The Morgan fingerprint density at radius 3 is 2.14 bits per heavy atom. The molecule has 8 nitrogen and oxygen atoms in total. The van der Waals surface area contributed by atoms with Crippen LogP contribution in [-0.2, 0) is 4.74 Å². The topological polar surface area (TPSA) is 151 Å². The maximum Gasteiger partial charge on any atom is 0.183 e. The highest BCUT2D eigenvalue weighted by atomic mass is 127. The second-order valence-corrected chi connectivity index (χ2v) is 13.7. The van der Waals surface area contributed by atoms with Gasteiger partial charge in [-0.1, -0.05) is 0 Å². The lowest BCUT2D eigenvalue weighted by molar-refractivity contribution is -0.276. The van der Waals surface area contributed by atoms with Crippen molar-refractivity contribution in [3.8, 4) is 0 Å². The van der Waals surface area contributed by atoms with E-state index in [1.54, 1.807) is 0 Å². The van der Waals surface area contributed by atoms with E-state index in [9.17, 15) is 35.7 Å². The van der Waals surface area contributed by atoms with E-state index in [-0.39, 0.29) is 18.1 Å². The van der Waals surface area contributed by atoms with E-state index < -0.39 is 55.4 Å². The molecule has 2 heterocycles. The summed E-state index contributed by atoms with van der Waals surface area (Å²) in [6.07, 6.45) is -9.10. The highest BCUT2D eigenvalue weighted by molar-refractivity contribution is 14.2. The molecule has 0 bridgehead atoms. The Kier molecular flexibility index (Phi) is 5.78. The number of halogens is 1. The van der Waals surface area contributed by atoms with Crippen molar-refractivity contribution < 1.29 is 40.5 Å². The Hall–Kier alpha value is 0.760. The Bertz CT molecular complexity index is 376. The summed E-state index contributed by atoms with van der Waals surface area (Å²) >= 11 is 2.08. The Labute approximate surface area is 135 Å². The van der Waals surface area contributed by atoms with Gasteiger partial charge in [-0.2, -0.15) is 7.20 Å². The predicted octanol–water partition coefficient (Wildman–Crippen LogP) is -2.96. The van der Waals surface area contributed by atoms with Crippen LogP contribution in [0.5, 0.6) is 0 Å². The zero-order chi connectivity index (χ0) is 15.9. The monoisotopic (exact) mass is 440 g/mol. The van der Waals surface area contributed by atoms with Gasteiger partial charge in [-0.15, -0.1) is 0 Å². The first kappa shape index (κ1) is 18.1. The second-order valence-electron chi connectivity index (χ2n) is 5.49. The van der Waals surface area contributed by atoms with E-state index in [0.29, 0.717) is 0 Å². The van der Waals surface area contributed by atoms with E-state index in [1.165, 1.54) is 0 Å². The number of aliphatic hydroxyl groups excluding tert-OH is 7. The number of aliphatic hydroxyl groups is 7. The van der Waals surface area contributed by atoms with Crippen LogP contribution in [-0.4, -0.2) is 102 Å². The van der Waals surface area contributed by atoms with Crippen molar-refractivity contribution >= 4 is 28.4 Å². The van der Waals surface area contributed by atoms with Crippen LogP contribution in [0.3, 0.4) is 0 Å². The van der Waals surface area contributed by atoms with Crippen LogP contribution in [0.25, 0.3) is 0 Å². The molecule has 0 aliphatic carbocycles. The molecule has 0 saturated carbocycles. The van der Waals surface area contributed by atoms with Gasteiger partial charge in [0.2, 0.25) is 0 Å². The Balaban J connectivity index is 2.13. The summed E-state index contributed by atoms with van der Waals surface area (Å²) in [6, 6.07) is 0. The van der Waals surface area contributed by atoms with Gasteiger partial charge in [-0.3, -0.25) is 0 Å². The van der Waals surface area contributed by atoms with Gasteiger partial charge in [0.05, 0.1) is 24.9 Å². The first-order valence-electron chi connectivity index (χ1n) is 6.53. The third-order valence-electron chi connectivity index (χ3n) is 4.07. The molecular weight excluding hydrogens is 419 g/mol. The molecule has 0 amide bonds. The van der Waals surface area contributed by atoms with Crippen molar-refractivity contribution in [3.05, 3.63) is 0 Å². The van der Waals surface area contributed by atoms with Crippen LogP contribution in [0.1, 0.15) is 0 Å². The van der Waals surface area contributed by atoms with Gasteiger partial charge < -0.3 is 40.5 Å². The van der Waals surface area contributed by atoms with Gasteiger partial charge in [0.1, 0.15) is 18.3 Å². The van der Waals surface area contributed by atoms with Crippen LogP contribution in [0.15, 0.2) is 0 Å². The van der Waals surface area contributed by atoms with Crippen LogP contribution in [0.4, 0.5) is 0 Å². The maximum absolute atomic E-state index is 9.97. The number of ether oxygens (including phenoxy) is 1. The van der Waals surface area contributed by atoms with Crippen molar-refractivity contribution in [3.63, 3.8) is 0 Å². The number of hydrogen-bond acceptors (Lipinski definition) is 8. The van der Waals surface area contributed by atoms with Crippen LogP contribution >= 0.6 is 28.4 Å². The molecule has 0 radical (unpaired) electrons. The molecule has 126 valence electrons. The molecule has 0 aromatic carbocycles. The summed E-state index contributed by atoms with van der Waals surface area (Å²) in [4.78, 5) is 0. The fraction of sp³-hybridized carbons (Fsp3) is 1.00. The highest BCUT2D eigenvalue weighted by Gasteiger charge is 2.52. The van der Waals surface area contributed by atoms with Crippen molar-refractivity contribution in [2.75, 3.05) is 18.1 Å². The van der Waals surface area contributed by atoms with Gasteiger partial charge in [-0.05, 0) is 21.2 Å². The van der Waals surface area contributed by atoms with Crippen LogP contribution in [0, 0.1) is 0 Å². The van der Waals surface area contributed by atoms with Gasteiger partial charge in [0.15, 0.2) is 6.29 Å². The molecule has 2 rings (SSSR count). The van der Waals surface area contributed by atoms with E-state index in [4.69, 9.17) is 4.74 Å². The molecule has 10 heteroatoms. The van der Waals surface area contributed by atoms with Crippen molar-refractivity contribution in [1.82, 2.24) is 0 Å².